The Morgan fingerprint density at radius 1 is 1.04 bits per heavy atom. The number of nitrogens with zero attached hydrogens (tertiary/aromatic N) is 4. The lowest BCUT2D eigenvalue weighted by molar-refractivity contribution is 0.0658. The molecule has 3 rings (SSSR count). The van der Waals surface area contributed by atoms with Crippen molar-refractivity contribution in [3.63, 3.8) is 0 Å². The quantitative estimate of drug-likeness (QED) is 0.928. The third-order valence-electron chi connectivity index (χ3n) is 4.51. The van der Waals surface area contributed by atoms with E-state index < -0.39 is 0 Å². The third kappa shape index (κ3) is 4.33. The molecule has 2 aromatic rings. The molecule has 0 spiro atoms. The van der Waals surface area contributed by atoms with Gasteiger partial charge in [-0.05, 0) is 30.7 Å². The van der Waals surface area contributed by atoms with E-state index in [9.17, 15) is 4.79 Å². The van der Waals surface area contributed by atoms with Crippen molar-refractivity contribution in [3.05, 3.63) is 47.9 Å². The highest BCUT2D eigenvalue weighted by atomic mass is 16.2. The second-order valence-electron chi connectivity index (χ2n) is 6.78. The maximum Gasteiger partial charge on any atom is 0.274 e. The van der Waals surface area contributed by atoms with Crippen LogP contribution < -0.4 is 5.32 Å². The number of aromatic nitrogens is 2. The maximum atomic E-state index is 12.5. The summed E-state index contributed by atoms with van der Waals surface area (Å²) in [5.74, 6) is 1.09. The summed E-state index contributed by atoms with van der Waals surface area (Å²) in [5, 5.41) is 3.22. The van der Waals surface area contributed by atoms with Gasteiger partial charge in [0.15, 0.2) is 0 Å². The van der Waals surface area contributed by atoms with Crippen LogP contribution in [-0.4, -0.2) is 58.9 Å². The smallest absolute Gasteiger partial charge is 0.274 e. The summed E-state index contributed by atoms with van der Waals surface area (Å²) in [6.45, 7) is 7.60. The number of hydrogen-bond acceptors (Lipinski definition) is 5. The molecule has 2 heterocycles. The molecule has 0 bridgehead atoms. The molecule has 1 aromatic carbocycles. The highest BCUT2D eigenvalue weighted by molar-refractivity contribution is 5.92. The summed E-state index contributed by atoms with van der Waals surface area (Å²) in [6, 6.07) is 8.26. The van der Waals surface area contributed by atoms with Crippen molar-refractivity contribution < 1.29 is 4.79 Å². The summed E-state index contributed by atoms with van der Waals surface area (Å²) in [4.78, 5) is 25.1. The van der Waals surface area contributed by atoms with E-state index in [0.717, 1.165) is 31.9 Å². The zero-order valence-electron chi connectivity index (χ0n) is 15.1. The van der Waals surface area contributed by atoms with E-state index in [0.29, 0.717) is 17.4 Å². The van der Waals surface area contributed by atoms with Crippen LogP contribution in [0.2, 0.25) is 0 Å². The van der Waals surface area contributed by atoms with Crippen molar-refractivity contribution in [2.24, 2.45) is 0 Å². The molecule has 1 aromatic heterocycles. The molecule has 6 heteroatoms. The molecule has 1 aliphatic rings. The molecule has 0 atom stereocenters. The normalized spacial score (nSPS) is 15.4. The largest absolute Gasteiger partial charge is 0.339 e. The summed E-state index contributed by atoms with van der Waals surface area (Å²) in [7, 11) is 2.07. The minimum Gasteiger partial charge on any atom is -0.339 e. The van der Waals surface area contributed by atoms with Gasteiger partial charge in [-0.2, -0.15) is 0 Å². The van der Waals surface area contributed by atoms with Crippen LogP contribution in [-0.2, 0) is 0 Å². The fourth-order valence-corrected chi connectivity index (χ4v) is 2.77. The van der Waals surface area contributed by atoms with Gasteiger partial charge in [-0.1, -0.05) is 26.0 Å². The number of benzene rings is 1. The molecule has 1 fully saturated rings. The van der Waals surface area contributed by atoms with Gasteiger partial charge < -0.3 is 15.1 Å². The monoisotopic (exact) mass is 339 g/mol. The Labute approximate surface area is 148 Å². The average Bonchev–Trinajstić information content (AvgIpc) is 2.63. The van der Waals surface area contributed by atoms with Crippen LogP contribution in [0.5, 0.6) is 0 Å². The highest BCUT2D eigenvalue weighted by Crippen LogP contribution is 2.19. The van der Waals surface area contributed by atoms with Crippen molar-refractivity contribution in [2.45, 2.75) is 19.8 Å². The van der Waals surface area contributed by atoms with Gasteiger partial charge in [-0.15, -0.1) is 0 Å². The van der Waals surface area contributed by atoms with E-state index in [1.165, 1.54) is 5.56 Å². The molecule has 1 amide bonds. The highest BCUT2D eigenvalue weighted by Gasteiger charge is 2.21. The molecule has 1 aliphatic heterocycles. The predicted octanol–water partition coefficient (Wildman–Crippen LogP) is 2.73. The average molecular weight is 339 g/mol. The molecule has 0 unspecified atom stereocenters. The number of hydrogen-bond donors (Lipinski definition) is 1. The Kier molecular flexibility index (Phi) is 5.28. The molecular formula is C19H25N5O. The molecule has 132 valence electrons. The van der Waals surface area contributed by atoms with Gasteiger partial charge >= 0.3 is 0 Å². The fraction of sp³-hybridized carbons (Fsp3) is 0.421. The molecule has 0 saturated carbocycles. The molecule has 0 aliphatic carbocycles. The zero-order chi connectivity index (χ0) is 17.8. The van der Waals surface area contributed by atoms with Crippen LogP contribution in [0.15, 0.2) is 36.7 Å². The molecular weight excluding hydrogens is 314 g/mol. The third-order valence-corrected chi connectivity index (χ3v) is 4.51. The van der Waals surface area contributed by atoms with Gasteiger partial charge in [0, 0.05) is 31.9 Å². The number of carbonyl (C=O) groups excluding carboxylic acids is 1. The van der Waals surface area contributed by atoms with Crippen molar-refractivity contribution >= 4 is 17.4 Å². The van der Waals surface area contributed by atoms with Gasteiger partial charge in [0.1, 0.15) is 11.5 Å². The van der Waals surface area contributed by atoms with Gasteiger partial charge in [-0.25, -0.2) is 9.97 Å². The van der Waals surface area contributed by atoms with Gasteiger partial charge in [0.05, 0.1) is 12.4 Å². The number of carbonyl (C=O) groups is 1. The number of piperazine rings is 1. The number of anilines is 2. The summed E-state index contributed by atoms with van der Waals surface area (Å²) in [6.07, 6.45) is 3.16. The zero-order valence-corrected chi connectivity index (χ0v) is 15.1. The first-order valence-corrected chi connectivity index (χ1v) is 8.70. The number of amides is 1. The minimum atomic E-state index is -0.0477. The van der Waals surface area contributed by atoms with Crippen molar-refractivity contribution in [1.29, 1.82) is 0 Å². The Morgan fingerprint density at radius 3 is 2.28 bits per heavy atom. The van der Waals surface area contributed by atoms with Crippen LogP contribution >= 0.6 is 0 Å². The first-order valence-electron chi connectivity index (χ1n) is 8.70. The molecule has 25 heavy (non-hydrogen) atoms. The van der Waals surface area contributed by atoms with E-state index in [1.807, 2.05) is 17.0 Å². The molecule has 6 nitrogen and oxygen atoms in total. The van der Waals surface area contributed by atoms with Gasteiger partial charge in [0.2, 0.25) is 0 Å². The standard InChI is InChI=1S/C19H25N5O/c1-14(2)15-4-6-16(7-5-15)22-18-13-20-17(12-21-18)19(25)24-10-8-23(3)9-11-24/h4-7,12-14H,8-11H2,1-3H3,(H,21,22). The number of rotatable bonds is 4. The second-order valence-corrected chi connectivity index (χ2v) is 6.78. The fourth-order valence-electron chi connectivity index (χ4n) is 2.77. The Morgan fingerprint density at radius 2 is 1.72 bits per heavy atom. The van der Waals surface area contributed by atoms with Crippen LogP contribution in [0.1, 0.15) is 35.8 Å². The maximum absolute atomic E-state index is 12.5. The minimum absolute atomic E-state index is 0.0477. The van der Waals surface area contributed by atoms with E-state index >= 15 is 0 Å². The van der Waals surface area contributed by atoms with E-state index in [2.05, 4.69) is 53.2 Å². The van der Waals surface area contributed by atoms with E-state index in [1.54, 1.807) is 12.4 Å². The lowest BCUT2D eigenvalue weighted by Crippen LogP contribution is -2.47. The van der Waals surface area contributed by atoms with Crippen molar-refractivity contribution in [1.82, 2.24) is 19.8 Å². The molecule has 1 N–H and O–H groups in total. The SMILES string of the molecule is CC(C)c1ccc(Nc2cnc(C(=O)N3CCN(C)CC3)cn2)cc1. The van der Waals surface area contributed by atoms with Crippen LogP contribution in [0.3, 0.4) is 0 Å². The Bertz CT molecular complexity index is 704. The van der Waals surface area contributed by atoms with Crippen molar-refractivity contribution in [2.75, 3.05) is 38.5 Å². The van der Waals surface area contributed by atoms with Crippen LogP contribution in [0, 0.1) is 0 Å². The lowest BCUT2D eigenvalue weighted by atomic mass is 10.0. The van der Waals surface area contributed by atoms with E-state index in [4.69, 9.17) is 0 Å². The molecule has 0 radical (unpaired) electrons. The van der Waals surface area contributed by atoms with Gasteiger partial charge in [0.25, 0.3) is 5.91 Å². The van der Waals surface area contributed by atoms with E-state index in [-0.39, 0.29) is 5.91 Å². The summed E-state index contributed by atoms with van der Waals surface area (Å²) in [5.41, 5.74) is 2.65. The van der Waals surface area contributed by atoms with Crippen LogP contribution in [0.4, 0.5) is 11.5 Å². The number of likely N-dealkylation sites (N-methyl/N-ethyl adjacent to an activating group) is 1. The first-order chi connectivity index (χ1) is 12.0. The topological polar surface area (TPSA) is 61.4 Å². The number of nitrogens with one attached hydrogen (secondary N) is 1. The predicted molar refractivity (Wildman–Crippen MR) is 99.2 cm³/mol. The van der Waals surface area contributed by atoms with Crippen molar-refractivity contribution in [3.8, 4) is 0 Å². The summed E-state index contributed by atoms with van der Waals surface area (Å²) < 4.78 is 0. The van der Waals surface area contributed by atoms with Crippen LogP contribution in [0.25, 0.3) is 0 Å². The molecule has 1 saturated heterocycles. The lowest BCUT2D eigenvalue weighted by Gasteiger charge is -2.32. The Hall–Kier alpha value is -2.47. The second kappa shape index (κ2) is 7.61. The van der Waals surface area contributed by atoms with Gasteiger partial charge in [-0.3, -0.25) is 4.79 Å². The summed E-state index contributed by atoms with van der Waals surface area (Å²) >= 11 is 0. The first kappa shape index (κ1) is 17.4. The Balaban J connectivity index is 1.62.